The van der Waals surface area contributed by atoms with E-state index in [1.165, 1.54) is 6.07 Å². The fraction of sp³-hybridized carbons (Fsp3) is 0.556. The number of hydrogen-bond acceptors (Lipinski definition) is 3. The first-order chi connectivity index (χ1) is 12.8. The highest BCUT2D eigenvalue weighted by Crippen LogP contribution is 2.28. The molecule has 0 bridgehead atoms. The van der Waals surface area contributed by atoms with Crippen LogP contribution in [0.15, 0.2) is 24.3 Å². The first kappa shape index (κ1) is 19.6. The van der Waals surface area contributed by atoms with E-state index in [1.54, 1.807) is 23.1 Å². The van der Waals surface area contributed by atoms with E-state index < -0.39 is 29.9 Å². The van der Waals surface area contributed by atoms with Crippen LogP contribution in [0.3, 0.4) is 0 Å². The van der Waals surface area contributed by atoms with Crippen molar-refractivity contribution in [2.24, 2.45) is 5.92 Å². The maximum Gasteiger partial charge on any atom is 0.471 e. The van der Waals surface area contributed by atoms with Gasteiger partial charge in [-0.25, -0.2) is 4.39 Å². The van der Waals surface area contributed by atoms with Crippen LogP contribution in [-0.2, 0) is 14.3 Å². The second kappa shape index (κ2) is 7.84. The summed E-state index contributed by atoms with van der Waals surface area (Å²) < 4.78 is 57.1. The zero-order valence-electron chi connectivity index (χ0n) is 14.5. The van der Waals surface area contributed by atoms with Gasteiger partial charge < -0.3 is 14.5 Å². The van der Waals surface area contributed by atoms with Crippen molar-refractivity contribution in [3.63, 3.8) is 0 Å². The van der Waals surface area contributed by atoms with Crippen molar-refractivity contribution in [1.82, 2.24) is 9.80 Å². The van der Waals surface area contributed by atoms with E-state index in [0.717, 1.165) is 4.90 Å². The molecule has 9 heteroatoms. The molecular formula is C18H20F4N2O3. The second-order valence-electron chi connectivity index (χ2n) is 6.73. The molecule has 3 rings (SSSR count). The Morgan fingerprint density at radius 3 is 2.33 bits per heavy atom. The number of carbonyl (C=O) groups is 2. The van der Waals surface area contributed by atoms with E-state index in [4.69, 9.17) is 4.74 Å². The van der Waals surface area contributed by atoms with Gasteiger partial charge >= 0.3 is 12.1 Å². The number of morpholine rings is 1. The summed E-state index contributed by atoms with van der Waals surface area (Å²) in [7, 11) is 0. The van der Waals surface area contributed by atoms with Crippen molar-refractivity contribution in [3.05, 3.63) is 35.6 Å². The summed E-state index contributed by atoms with van der Waals surface area (Å²) in [5.74, 6) is -2.89. The zero-order valence-corrected chi connectivity index (χ0v) is 14.5. The molecule has 0 radical (unpaired) electrons. The van der Waals surface area contributed by atoms with Gasteiger partial charge in [-0.1, -0.05) is 18.2 Å². The third-order valence-corrected chi connectivity index (χ3v) is 5.00. The molecule has 0 N–H and O–H groups in total. The van der Waals surface area contributed by atoms with Gasteiger partial charge in [0.05, 0.1) is 13.2 Å². The molecular weight excluding hydrogens is 368 g/mol. The Bertz CT molecular complexity index is 702. The summed E-state index contributed by atoms with van der Waals surface area (Å²) in [5.41, 5.74) is 0.376. The van der Waals surface area contributed by atoms with Gasteiger partial charge in [-0.2, -0.15) is 13.2 Å². The molecule has 0 spiro atoms. The summed E-state index contributed by atoms with van der Waals surface area (Å²) in [6.45, 7) is 0.606. The van der Waals surface area contributed by atoms with Crippen LogP contribution < -0.4 is 0 Å². The molecule has 0 aliphatic carbocycles. The summed E-state index contributed by atoms with van der Waals surface area (Å²) in [6.07, 6.45) is -5.10. The minimum atomic E-state index is -4.89. The zero-order chi connectivity index (χ0) is 19.6. The van der Waals surface area contributed by atoms with Crippen molar-refractivity contribution < 1.29 is 31.9 Å². The van der Waals surface area contributed by atoms with Crippen molar-refractivity contribution in [2.45, 2.75) is 25.1 Å². The number of nitrogens with zero attached hydrogens (tertiary/aromatic N) is 2. The van der Waals surface area contributed by atoms with Gasteiger partial charge in [-0.3, -0.25) is 9.59 Å². The molecule has 2 heterocycles. The molecule has 2 amide bonds. The Morgan fingerprint density at radius 2 is 1.70 bits per heavy atom. The minimum absolute atomic E-state index is 0.101. The third-order valence-electron chi connectivity index (χ3n) is 5.00. The van der Waals surface area contributed by atoms with Gasteiger partial charge in [0.15, 0.2) is 0 Å². The number of ether oxygens (including phenoxy) is 1. The summed E-state index contributed by atoms with van der Waals surface area (Å²) in [6, 6.07) is 6.19. The van der Waals surface area contributed by atoms with Gasteiger partial charge in [0.25, 0.3) is 0 Å². The fourth-order valence-corrected chi connectivity index (χ4v) is 3.54. The first-order valence-corrected chi connectivity index (χ1v) is 8.78. The van der Waals surface area contributed by atoms with Crippen LogP contribution in [0.1, 0.15) is 24.5 Å². The Hall–Kier alpha value is -2.16. The highest BCUT2D eigenvalue weighted by atomic mass is 19.4. The summed E-state index contributed by atoms with van der Waals surface area (Å²) in [5, 5.41) is 0. The molecule has 1 aromatic rings. The van der Waals surface area contributed by atoms with E-state index >= 15 is 0 Å². The van der Waals surface area contributed by atoms with Gasteiger partial charge in [-0.15, -0.1) is 0 Å². The lowest BCUT2D eigenvalue weighted by molar-refractivity contribution is -0.187. The molecule has 148 valence electrons. The second-order valence-corrected chi connectivity index (χ2v) is 6.73. The fourth-order valence-electron chi connectivity index (χ4n) is 3.54. The summed E-state index contributed by atoms with van der Waals surface area (Å²) >= 11 is 0. The van der Waals surface area contributed by atoms with E-state index in [0.29, 0.717) is 12.1 Å². The average Bonchev–Trinajstić information content (AvgIpc) is 2.67. The van der Waals surface area contributed by atoms with Gasteiger partial charge in [0.2, 0.25) is 5.91 Å². The summed E-state index contributed by atoms with van der Waals surface area (Å²) in [4.78, 5) is 26.3. The number of alkyl halides is 3. The molecule has 27 heavy (non-hydrogen) atoms. The van der Waals surface area contributed by atoms with Crippen molar-refractivity contribution >= 4 is 11.8 Å². The number of halogens is 4. The Morgan fingerprint density at radius 1 is 1.04 bits per heavy atom. The van der Waals surface area contributed by atoms with Crippen molar-refractivity contribution in [2.75, 3.05) is 32.8 Å². The molecule has 5 nitrogen and oxygen atoms in total. The van der Waals surface area contributed by atoms with E-state index in [-0.39, 0.29) is 45.0 Å². The van der Waals surface area contributed by atoms with E-state index in [9.17, 15) is 27.2 Å². The van der Waals surface area contributed by atoms with Crippen molar-refractivity contribution in [3.8, 4) is 0 Å². The van der Waals surface area contributed by atoms with Crippen LogP contribution >= 0.6 is 0 Å². The molecule has 1 atom stereocenters. The maximum absolute atomic E-state index is 14.0. The predicted molar refractivity (Wildman–Crippen MR) is 87.0 cm³/mol. The number of benzene rings is 1. The first-order valence-electron chi connectivity index (χ1n) is 8.78. The quantitative estimate of drug-likeness (QED) is 0.732. The van der Waals surface area contributed by atoms with Gasteiger partial charge in [0.1, 0.15) is 11.9 Å². The molecule has 2 fully saturated rings. The monoisotopic (exact) mass is 388 g/mol. The lowest BCUT2D eigenvalue weighted by Gasteiger charge is -2.38. The van der Waals surface area contributed by atoms with E-state index in [2.05, 4.69) is 0 Å². The van der Waals surface area contributed by atoms with Crippen LogP contribution in [0, 0.1) is 11.7 Å². The van der Waals surface area contributed by atoms with E-state index in [1.807, 2.05) is 0 Å². The molecule has 2 aliphatic heterocycles. The number of rotatable bonds is 2. The number of amides is 2. The van der Waals surface area contributed by atoms with Crippen LogP contribution in [0.5, 0.6) is 0 Å². The molecule has 2 aliphatic rings. The highest BCUT2D eigenvalue weighted by molar-refractivity contribution is 5.83. The number of piperidine rings is 1. The van der Waals surface area contributed by atoms with Crippen LogP contribution in [-0.4, -0.2) is 60.6 Å². The van der Waals surface area contributed by atoms with Gasteiger partial charge in [-0.05, 0) is 18.9 Å². The maximum atomic E-state index is 14.0. The van der Waals surface area contributed by atoms with Crippen LogP contribution in [0.25, 0.3) is 0 Å². The molecule has 0 saturated carbocycles. The number of likely N-dealkylation sites (tertiary alicyclic amines) is 1. The standard InChI is InChI=1S/C18H20F4N2O3/c19-14-4-2-1-3-13(14)15-11-24(9-10-27-15)16(25)12-5-7-23(8-6-12)17(26)18(20,21)22/h1-4,12,15H,5-11H2. The SMILES string of the molecule is O=C(C1CCN(C(=O)C(F)(F)F)CC1)N1CCOC(c2ccccc2F)C1. The number of carbonyl (C=O) groups excluding carboxylic acids is 2. The molecule has 1 aromatic carbocycles. The third kappa shape index (κ3) is 4.40. The predicted octanol–water partition coefficient (Wildman–Crippen LogP) is 2.53. The normalized spacial score (nSPS) is 22.0. The minimum Gasteiger partial charge on any atom is -0.370 e. The van der Waals surface area contributed by atoms with Crippen LogP contribution in [0.2, 0.25) is 0 Å². The average molecular weight is 388 g/mol. The molecule has 0 aromatic heterocycles. The molecule has 1 unspecified atom stereocenters. The van der Waals surface area contributed by atoms with Crippen molar-refractivity contribution in [1.29, 1.82) is 0 Å². The topological polar surface area (TPSA) is 49.9 Å². The Labute approximate surface area is 153 Å². The Kier molecular flexibility index (Phi) is 5.69. The lowest BCUT2D eigenvalue weighted by atomic mass is 9.94. The number of hydrogen-bond donors (Lipinski definition) is 0. The Balaban J connectivity index is 1.58. The lowest BCUT2D eigenvalue weighted by Crippen LogP contribution is -2.50. The van der Waals surface area contributed by atoms with Gasteiger partial charge in [0, 0.05) is 31.1 Å². The molecule has 2 saturated heterocycles. The largest absolute Gasteiger partial charge is 0.471 e. The smallest absolute Gasteiger partial charge is 0.370 e. The van der Waals surface area contributed by atoms with Crippen LogP contribution in [0.4, 0.5) is 17.6 Å². The highest BCUT2D eigenvalue weighted by Gasteiger charge is 2.44.